The van der Waals surface area contributed by atoms with Crippen LogP contribution in [0.3, 0.4) is 0 Å². The van der Waals surface area contributed by atoms with Crippen LogP contribution in [0.5, 0.6) is 11.5 Å². The van der Waals surface area contributed by atoms with E-state index in [0.717, 1.165) is 66.6 Å². The molecule has 11 heteroatoms. The number of halogens is 3. The minimum Gasteiger partial charge on any atom is 0 e. The fraction of sp³-hybridized carbons (Fsp3) is 0.0323. The molecule has 4 heterocycles. The number of phenols is 2. The summed E-state index contributed by atoms with van der Waals surface area (Å²) in [5, 5.41) is 26.4. The quantitative estimate of drug-likeness (QED) is 0.171. The summed E-state index contributed by atoms with van der Waals surface area (Å²) in [6.07, 6.45) is 7.46. The zero-order valence-corrected chi connectivity index (χ0v) is 44.5. The van der Waals surface area contributed by atoms with Crippen molar-refractivity contribution in [2.75, 3.05) is 0 Å². The van der Waals surface area contributed by atoms with Gasteiger partial charge in [0, 0.05) is 68.6 Å². The molecule has 0 unspecified atom stereocenters. The summed E-state index contributed by atoms with van der Waals surface area (Å²) in [4.78, 5) is 18.7. The molecule has 0 aliphatic rings. The van der Waals surface area contributed by atoms with Gasteiger partial charge in [0.05, 0.1) is 0 Å². The molecule has 0 bridgehead atoms. The average molecular weight is 1340 g/mol. The van der Waals surface area contributed by atoms with E-state index in [4.69, 9.17) is 10.2 Å². The first-order valence-electron chi connectivity index (χ1n) is 22.6. The number of benzene rings is 8. The smallest absolute Gasteiger partial charge is 0 e. The van der Waals surface area contributed by atoms with Gasteiger partial charge in [-0.25, -0.2) is 8.78 Å². The standard InChI is InChI=1S/2C25H17N2.2C6H5FO.ClH.2Pt/c2*1-17-14-20(24-22-8-4-2-6-18(22)10-12-26-24)16-21(15-17)25-23-9-5-3-7-19(23)11-13-27-25;2*7-5-3-1-2-4-6(5)8;;;/h2*2-15H,1H3;2*1-4,8H;1H;;/q2*-1;;;;;+2/p-1. The Hall–Kier alpha value is -7.47. The molecule has 0 aliphatic carbocycles. The number of aromatic nitrogens is 4. The molecule has 2 N–H and O–H groups in total. The van der Waals surface area contributed by atoms with Gasteiger partial charge >= 0.3 is 28.2 Å². The molecule has 6 nitrogen and oxygen atoms in total. The Kier molecular flexibility index (Phi) is 18.8. The zero-order valence-electron chi connectivity index (χ0n) is 39.2. The fourth-order valence-electron chi connectivity index (χ4n) is 8.18. The second-order valence-electron chi connectivity index (χ2n) is 16.4. The van der Waals surface area contributed by atoms with Crippen molar-refractivity contribution in [3.8, 4) is 56.5 Å². The van der Waals surface area contributed by atoms with Crippen LogP contribution in [0.15, 0.2) is 219 Å². The third-order valence-corrected chi connectivity index (χ3v) is 11.4. The van der Waals surface area contributed by atoms with Gasteiger partial charge in [0.15, 0.2) is 23.1 Å². The topological polar surface area (TPSA) is 92.0 Å². The van der Waals surface area contributed by atoms with Crippen molar-refractivity contribution in [3.63, 3.8) is 0 Å². The number of rotatable bonds is 4. The van der Waals surface area contributed by atoms with Crippen LogP contribution in [-0.4, -0.2) is 30.1 Å². The molecule has 0 atom stereocenters. The monoisotopic (exact) mass is 1340 g/mol. The van der Waals surface area contributed by atoms with Crippen LogP contribution >= 0.6 is 9.42 Å². The van der Waals surface area contributed by atoms with Crippen LogP contribution in [0, 0.1) is 37.6 Å². The molecule has 73 heavy (non-hydrogen) atoms. The second-order valence-corrected chi connectivity index (χ2v) is 16.4. The Bertz CT molecular complexity index is 3300. The number of phenolic OH excluding ortho intramolecular Hbond substituents is 2. The Morgan fingerprint density at radius 3 is 0.836 bits per heavy atom. The van der Waals surface area contributed by atoms with Crippen molar-refractivity contribution in [1.29, 1.82) is 0 Å². The van der Waals surface area contributed by atoms with E-state index in [9.17, 15) is 8.78 Å². The maximum atomic E-state index is 12.1. The molecule has 12 aromatic rings. The van der Waals surface area contributed by atoms with E-state index >= 15 is 0 Å². The molecule has 0 aliphatic heterocycles. The molecule has 0 spiro atoms. The molecular formula is C62H44ClF2N4O2Pt2-. The van der Waals surface area contributed by atoms with Crippen LogP contribution in [0.25, 0.3) is 88.1 Å². The molecule has 0 saturated heterocycles. The zero-order chi connectivity index (χ0) is 50.4. The number of fused-ring (bicyclic) bond motifs is 4. The largest absolute Gasteiger partial charge is 0 e. The minimum absolute atomic E-state index is 0. The molecule has 8 aromatic carbocycles. The fourth-order valence-corrected chi connectivity index (χ4v) is 8.18. The van der Waals surface area contributed by atoms with E-state index in [1.54, 1.807) is 30.9 Å². The second kappa shape index (κ2) is 25.8. The average Bonchev–Trinajstić information content (AvgIpc) is 3.42. The van der Waals surface area contributed by atoms with Gasteiger partial charge in [0.25, 0.3) is 0 Å². The van der Waals surface area contributed by atoms with Gasteiger partial charge in [0.1, 0.15) is 0 Å². The van der Waals surface area contributed by atoms with E-state index in [2.05, 4.69) is 177 Å². The summed E-state index contributed by atoms with van der Waals surface area (Å²) < 4.78 is 24.1. The van der Waals surface area contributed by atoms with Gasteiger partial charge in [-0.3, -0.25) is 19.9 Å². The summed E-state index contributed by atoms with van der Waals surface area (Å²) in [6, 6.07) is 68.4. The van der Waals surface area contributed by atoms with Crippen molar-refractivity contribution < 1.29 is 58.8 Å². The summed E-state index contributed by atoms with van der Waals surface area (Å²) >= 11 is 1.61. The van der Waals surface area contributed by atoms with E-state index in [-0.39, 0.29) is 32.6 Å². The van der Waals surface area contributed by atoms with Gasteiger partial charge in [0.2, 0.25) is 0 Å². The van der Waals surface area contributed by atoms with Gasteiger partial charge in [-0.1, -0.05) is 157 Å². The number of para-hydroxylation sites is 2. The summed E-state index contributed by atoms with van der Waals surface area (Å²) in [5.74, 6) is -1.75. The van der Waals surface area contributed by atoms with Crippen molar-refractivity contribution >= 4 is 52.5 Å². The predicted octanol–water partition coefficient (Wildman–Crippen LogP) is 16.2. The van der Waals surface area contributed by atoms with Crippen LogP contribution in [0.4, 0.5) is 8.78 Å². The Morgan fingerprint density at radius 1 is 0.370 bits per heavy atom. The maximum absolute atomic E-state index is 12.1. The van der Waals surface area contributed by atoms with Crippen LogP contribution < -0.4 is 0 Å². The van der Waals surface area contributed by atoms with Gasteiger partial charge in [-0.15, -0.1) is 47.5 Å². The molecule has 0 saturated carbocycles. The Balaban J connectivity index is 0.000000159. The Labute approximate surface area is 452 Å². The minimum atomic E-state index is -0.576. The normalized spacial score (nSPS) is 10.3. The third-order valence-electron chi connectivity index (χ3n) is 11.4. The van der Waals surface area contributed by atoms with Gasteiger partial charge in [-0.2, -0.15) is 0 Å². The van der Waals surface area contributed by atoms with E-state index in [0.29, 0.717) is 0 Å². The summed E-state index contributed by atoms with van der Waals surface area (Å²) in [7, 11) is 4.61. The van der Waals surface area contributed by atoms with Gasteiger partial charge < -0.3 is 10.2 Å². The molecule has 366 valence electrons. The summed E-state index contributed by atoms with van der Waals surface area (Å²) in [5.41, 5.74) is 10.2. The summed E-state index contributed by atoms with van der Waals surface area (Å²) in [6.45, 7) is 4.22. The van der Waals surface area contributed by atoms with Crippen LogP contribution in [0.1, 0.15) is 11.1 Å². The maximum Gasteiger partial charge on any atom is 0 e. The number of nitrogens with zero attached hydrogens (tertiary/aromatic N) is 4. The van der Waals surface area contributed by atoms with Crippen LogP contribution in [0.2, 0.25) is 0 Å². The SMILES string of the molecule is Cc1cc(-c2nccc3ccccc23)[c-]c(-c2nccc3ccccc23)c1.Cc1cc(-c2nccc3ccccc23)[c-]c(-c2nccc3ccccc23)c1.Oc1ccccc1F.Oc1ccccc1F.[Cl][Pt+].[Pt]. The molecule has 12 rings (SSSR count). The molecular weight excluding hydrogens is 1300 g/mol. The van der Waals surface area contributed by atoms with Crippen molar-refractivity contribution in [3.05, 3.63) is 254 Å². The molecule has 0 fully saturated rings. The number of aromatic hydroxyl groups is 2. The van der Waals surface area contributed by atoms with E-state index < -0.39 is 11.6 Å². The first-order chi connectivity index (χ1) is 35.2. The Morgan fingerprint density at radius 2 is 0.603 bits per heavy atom. The first-order valence-corrected chi connectivity index (χ1v) is 25.4. The van der Waals surface area contributed by atoms with E-state index in [1.165, 1.54) is 69.1 Å². The van der Waals surface area contributed by atoms with Crippen molar-refractivity contribution in [2.45, 2.75) is 13.8 Å². The van der Waals surface area contributed by atoms with E-state index in [1.807, 2.05) is 49.1 Å². The van der Waals surface area contributed by atoms with Crippen molar-refractivity contribution in [2.24, 2.45) is 0 Å². The third kappa shape index (κ3) is 13.1. The molecule has 4 aromatic heterocycles. The molecule has 0 radical (unpaired) electrons. The number of hydrogen-bond acceptors (Lipinski definition) is 6. The molecule has 0 amide bonds. The first kappa shape index (κ1) is 53.3. The van der Waals surface area contributed by atoms with Crippen molar-refractivity contribution in [1.82, 2.24) is 19.9 Å². The van der Waals surface area contributed by atoms with Crippen LogP contribution in [-0.2, 0) is 39.8 Å². The number of hydrogen-bond donors (Lipinski definition) is 2. The number of pyridine rings is 4. The predicted molar refractivity (Wildman–Crippen MR) is 285 cm³/mol. The number of aryl methyl sites for hydroxylation is 2. The van der Waals surface area contributed by atoms with Gasteiger partial charge in [-0.05, 0) is 91.6 Å².